The van der Waals surface area contributed by atoms with Crippen LogP contribution in [0.2, 0.25) is 0 Å². The number of aromatic nitrogens is 1. The van der Waals surface area contributed by atoms with Crippen LogP contribution < -0.4 is 15.5 Å². The van der Waals surface area contributed by atoms with Gasteiger partial charge in [0.05, 0.1) is 23.6 Å². The van der Waals surface area contributed by atoms with Gasteiger partial charge in [-0.05, 0) is 56.8 Å². The Balaban J connectivity index is 1.47. The maximum atomic E-state index is 12.8. The Bertz CT molecular complexity index is 957. The van der Waals surface area contributed by atoms with Crippen molar-refractivity contribution in [2.75, 3.05) is 23.3 Å². The predicted molar refractivity (Wildman–Crippen MR) is 123 cm³/mol. The fraction of sp³-hybridized carbons (Fsp3) is 0.480. The molecule has 1 atom stereocenters. The highest BCUT2D eigenvalue weighted by atomic mass is 16.2. The van der Waals surface area contributed by atoms with Gasteiger partial charge in [-0.3, -0.25) is 4.79 Å². The molecule has 0 aliphatic carbocycles. The molecule has 1 fully saturated rings. The highest BCUT2D eigenvalue weighted by Gasteiger charge is 2.29. The number of para-hydroxylation sites is 2. The third kappa shape index (κ3) is 4.39. The molecule has 5 nitrogen and oxygen atoms in total. The lowest BCUT2D eigenvalue weighted by Crippen LogP contribution is -2.27. The Kier molecular flexibility index (Phi) is 6.44. The van der Waals surface area contributed by atoms with Crippen LogP contribution in [0.3, 0.4) is 0 Å². The molecule has 5 heteroatoms. The molecule has 158 valence electrons. The molecule has 4 rings (SSSR count). The summed E-state index contributed by atoms with van der Waals surface area (Å²) >= 11 is 0. The van der Waals surface area contributed by atoms with Crippen molar-refractivity contribution in [3.63, 3.8) is 0 Å². The van der Waals surface area contributed by atoms with E-state index >= 15 is 0 Å². The molecule has 1 unspecified atom stereocenters. The van der Waals surface area contributed by atoms with Crippen LogP contribution >= 0.6 is 0 Å². The smallest absolute Gasteiger partial charge is 0.274 e. The van der Waals surface area contributed by atoms with Gasteiger partial charge < -0.3 is 20.1 Å². The van der Waals surface area contributed by atoms with E-state index in [1.54, 1.807) is 0 Å². The van der Waals surface area contributed by atoms with Gasteiger partial charge in [0.1, 0.15) is 5.69 Å². The topological polar surface area (TPSA) is 49.3 Å². The molecule has 0 bridgehead atoms. The van der Waals surface area contributed by atoms with Crippen molar-refractivity contribution in [3.8, 4) is 11.8 Å². The van der Waals surface area contributed by atoms with Crippen LogP contribution in [0, 0.1) is 18.8 Å². The van der Waals surface area contributed by atoms with Gasteiger partial charge in [-0.15, -0.1) is 5.92 Å². The molecule has 2 aliphatic rings. The number of amides is 1. The van der Waals surface area contributed by atoms with Gasteiger partial charge in [-0.2, -0.15) is 0 Å². The number of hydrogen-bond acceptors (Lipinski definition) is 3. The molecule has 0 spiro atoms. The highest BCUT2D eigenvalue weighted by Crippen LogP contribution is 2.39. The van der Waals surface area contributed by atoms with Gasteiger partial charge in [0, 0.05) is 25.7 Å². The van der Waals surface area contributed by atoms with Crippen LogP contribution in [-0.2, 0) is 7.05 Å². The number of anilines is 3. The van der Waals surface area contributed by atoms with E-state index in [0.717, 1.165) is 42.0 Å². The molecule has 1 amide bonds. The minimum Gasteiger partial charge on any atom is -0.345 e. The van der Waals surface area contributed by atoms with Crippen LogP contribution in [0.25, 0.3) is 0 Å². The van der Waals surface area contributed by atoms with Gasteiger partial charge >= 0.3 is 0 Å². The largest absolute Gasteiger partial charge is 0.345 e. The summed E-state index contributed by atoms with van der Waals surface area (Å²) in [5, 5.41) is 6.73. The summed E-state index contributed by atoms with van der Waals surface area (Å²) in [6, 6.07) is 8.63. The monoisotopic (exact) mass is 404 g/mol. The number of carbonyl (C=O) groups is 1. The fourth-order valence-corrected chi connectivity index (χ4v) is 4.67. The third-order valence-electron chi connectivity index (χ3n) is 6.14. The first-order chi connectivity index (χ1) is 14.6. The van der Waals surface area contributed by atoms with E-state index in [9.17, 15) is 4.79 Å². The van der Waals surface area contributed by atoms with Crippen LogP contribution in [0.1, 0.15) is 61.0 Å². The highest BCUT2D eigenvalue weighted by molar-refractivity contribution is 6.12. The minimum absolute atomic E-state index is 0.0700. The van der Waals surface area contributed by atoms with Crippen molar-refractivity contribution in [1.29, 1.82) is 0 Å². The number of benzene rings is 1. The fourth-order valence-electron chi connectivity index (χ4n) is 4.67. The number of hydrogen-bond donors (Lipinski definition) is 2. The molecular formula is C25H32N4O. The molecule has 3 heterocycles. The molecule has 30 heavy (non-hydrogen) atoms. The molecule has 1 aromatic carbocycles. The van der Waals surface area contributed by atoms with Crippen LogP contribution in [-0.4, -0.2) is 29.6 Å². The van der Waals surface area contributed by atoms with Crippen molar-refractivity contribution < 1.29 is 4.79 Å². The van der Waals surface area contributed by atoms with E-state index in [1.165, 1.54) is 32.1 Å². The van der Waals surface area contributed by atoms with Crippen molar-refractivity contribution >= 4 is 23.0 Å². The number of nitrogens with one attached hydrogen (secondary N) is 2. The average Bonchev–Trinajstić information content (AvgIpc) is 2.90. The van der Waals surface area contributed by atoms with Crippen molar-refractivity contribution in [2.24, 2.45) is 7.05 Å². The van der Waals surface area contributed by atoms with Gasteiger partial charge in [-0.1, -0.05) is 30.9 Å². The van der Waals surface area contributed by atoms with Gasteiger partial charge in [0.25, 0.3) is 5.91 Å². The maximum absolute atomic E-state index is 12.8. The zero-order chi connectivity index (χ0) is 20.9. The van der Waals surface area contributed by atoms with Crippen molar-refractivity contribution in [1.82, 2.24) is 9.88 Å². The summed E-state index contributed by atoms with van der Waals surface area (Å²) in [5.41, 5.74) is 4.55. The first-order valence-electron chi connectivity index (χ1n) is 11.2. The Morgan fingerprint density at radius 3 is 2.93 bits per heavy atom. The molecule has 0 saturated carbocycles. The summed E-state index contributed by atoms with van der Waals surface area (Å²) in [6.45, 7) is 3.79. The minimum atomic E-state index is -0.0700. The van der Waals surface area contributed by atoms with Crippen LogP contribution in [0.15, 0.2) is 30.5 Å². The lowest BCUT2D eigenvalue weighted by Gasteiger charge is -2.23. The molecule has 2 N–H and O–H groups in total. The zero-order valence-corrected chi connectivity index (χ0v) is 18.1. The zero-order valence-electron chi connectivity index (χ0n) is 18.1. The average molecular weight is 405 g/mol. The van der Waals surface area contributed by atoms with E-state index in [2.05, 4.69) is 40.4 Å². The first kappa shape index (κ1) is 20.6. The summed E-state index contributed by atoms with van der Waals surface area (Å²) in [7, 11) is 1.92. The van der Waals surface area contributed by atoms with E-state index in [4.69, 9.17) is 0 Å². The molecule has 2 aliphatic heterocycles. The Hall–Kier alpha value is -2.71. The lowest BCUT2D eigenvalue weighted by atomic mass is 10.0. The first-order valence-corrected chi connectivity index (χ1v) is 11.2. The molecule has 2 aromatic rings. The molecule has 1 saturated heterocycles. The van der Waals surface area contributed by atoms with E-state index in [1.807, 2.05) is 36.0 Å². The van der Waals surface area contributed by atoms with Crippen molar-refractivity contribution in [2.45, 2.75) is 57.9 Å². The molecule has 0 radical (unpaired) electrons. The Morgan fingerprint density at radius 1 is 1.17 bits per heavy atom. The number of aryl methyl sites for hydroxylation is 2. The number of unbranched alkanes of at least 4 members (excludes halogenated alkanes) is 1. The van der Waals surface area contributed by atoms with Gasteiger partial charge in [-0.25, -0.2) is 0 Å². The predicted octanol–water partition coefficient (Wildman–Crippen LogP) is 4.74. The maximum Gasteiger partial charge on any atom is 0.274 e. The SMILES string of the molecule is Cc1cn(C)c2c1N(CC#CCCCC1CCCCCN1)c1ccccc1NC2=O. The van der Waals surface area contributed by atoms with Gasteiger partial charge in [0.2, 0.25) is 0 Å². The van der Waals surface area contributed by atoms with Crippen molar-refractivity contribution in [3.05, 3.63) is 41.7 Å². The van der Waals surface area contributed by atoms with Crippen LogP contribution in [0.5, 0.6) is 0 Å². The lowest BCUT2D eigenvalue weighted by molar-refractivity contribution is 0.102. The second-order valence-electron chi connectivity index (χ2n) is 8.42. The quantitative estimate of drug-likeness (QED) is 0.571. The van der Waals surface area contributed by atoms with Gasteiger partial charge in [0.15, 0.2) is 0 Å². The van der Waals surface area contributed by atoms with E-state index in [-0.39, 0.29) is 5.91 Å². The second kappa shape index (κ2) is 9.40. The Labute approximate surface area is 179 Å². The standard InChI is InChI=1S/C25H32N4O/c1-19-18-28(2)24-23(19)29(22-15-9-8-14-21(22)27-25(24)30)17-11-4-3-6-12-20-13-7-5-10-16-26-20/h8-9,14-15,18,20,26H,3,5-7,10,12-13,16-17H2,1-2H3,(H,27,30). The number of nitrogens with zero attached hydrogens (tertiary/aromatic N) is 2. The molecule has 1 aromatic heterocycles. The summed E-state index contributed by atoms with van der Waals surface area (Å²) in [4.78, 5) is 15.0. The third-order valence-corrected chi connectivity index (χ3v) is 6.14. The second-order valence-corrected chi connectivity index (χ2v) is 8.42. The summed E-state index contributed by atoms with van der Waals surface area (Å²) < 4.78 is 1.91. The summed E-state index contributed by atoms with van der Waals surface area (Å²) in [5.74, 6) is 6.68. The van der Waals surface area contributed by atoms with Crippen LogP contribution in [0.4, 0.5) is 17.1 Å². The molecular weight excluding hydrogens is 372 g/mol. The normalized spacial score (nSPS) is 18.4. The number of fused-ring (bicyclic) bond motifs is 2. The van der Waals surface area contributed by atoms with E-state index in [0.29, 0.717) is 18.3 Å². The van der Waals surface area contributed by atoms with E-state index < -0.39 is 0 Å². The number of carbonyl (C=O) groups excluding carboxylic acids is 1. The summed E-state index contributed by atoms with van der Waals surface area (Å²) in [6.07, 6.45) is 10.6. The number of rotatable bonds is 4. The Morgan fingerprint density at radius 2 is 2.03 bits per heavy atom.